The van der Waals surface area contributed by atoms with Crippen molar-refractivity contribution in [1.82, 2.24) is 19.8 Å². The van der Waals surface area contributed by atoms with E-state index in [1.54, 1.807) is 0 Å². The van der Waals surface area contributed by atoms with Crippen LogP contribution in [0.15, 0.2) is 23.7 Å². The zero-order valence-electron chi connectivity index (χ0n) is 12.7. The molecule has 5 nitrogen and oxygen atoms in total. The number of aliphatic imine (C=N–C) groups is 1. The van der Waals surface area contributed by atoms with Gasteiger partial charge in [-0.2, -0.15) is 0 Å². The van der Waals surface area contributed by atoms with Gasteiger partial charge in [0.15, 0.2) is 5.96 Å². The van der Waals surface area contributed by atoms with Crippen molar-refractivity contribution in [2.75, 3.05) is 26.7 Å². The molecule has 1 aliphatic rings. The second-order valence-corrected chi connectivity index (χ2v) is 5.96. The molecule has 0 aromatic carbocycles. The molecular weight excluding hydrogens is 365 g/mol. The van der Waals surface area contributed by atoms with Gasteiger partial charge in [0.25, 0.3) is 0 Å². The van der Waals surface area contributed by atoms with Gasteiger partial charge < -0.3 is 14.8 Å². The molecule has 1 aromatic rings. The Hall–Kier alpha value is -0.790. The fraction of sp³-hybridized carbons (Fsp3) is 0.714. The van der Waals surface area contributed by atoms with Crippen molar-refractivity contribution < 1.29 is 0 Å². The summed E-state index contributed by atoms with van der Waals surface area (Å²) in [6, 6.07) is 0. The number of halogens is 1. The maximum Gasteiger partial charge on any atom is 0.193 e. The van der Waals surface area contributed by atoms with Gasteiger partial charge in [0.05, 0.1) is 6.33 Å². The largest absolute Gasteiger partial charge is 0.356 e. The molecule has 2 rings (SSSR count). The van der Waals surface area contributed by atoms with E-state index >= 15 is 0 Å². The number of hydrogen-bond acceptors (Lipinski definition) is 2. The molecule has 0 saturated carbocycles. The maximum absolute atomic E-state index is 4.38. The zero-order valence-corrected chi connectivity index (χ0v) is 15.0. The second kappa shape index (κ2) is 7.85. The van der Waals surface area contributed by atoms with Gasteiger partial charge in [0, 0.05) is 45.6 Å². The predicted molar refractivity (Wildman–Crippen MR) is 93.6 cm³/mol. The molecule has 6 heteroatoms. The van der Waals surface area contributed by atoms with Crippen molar-refractivity contribution in [3.8, 4) is 0 Å². The minimum atomic E-state index is 0. The summed E-state index contributed by atoms with van der Waals surface area (Å²) in [7, 11) is 1.86. The highest BCUT2D eigenvalue weighted by Crippen LogP contribution is 2.28. The summed E-state index contributed by atoms with van der Waals surface area (Å²) >= 11 is 0. The highest BCUT2D eigenvalue weighted by Gasteiger charge is 2.30. The summed E-state index contributed by atoms with van der Waals surface area (Å²) in [6.07, 6.45) is 7.99. The Morgan fingerprint density at radius 1 is 1.45 bits per heavy atom. The van der Waals surface area contributed by atoms with Gasteiger partial charge >= 0.3 is 0 Å². The van der Waals surface area contributed by atoms with Crippen molar-refractivity contribution in [3.63, 3.8) is 0 Å². The number of rotatable bonds is 4. The molecular formula is C14H26IN5. The summed E-state index contributed by atoms with van der Waals surface area (Å²) in [5, 5.41) is 3.45. The van der Waals surface area contributed by atoms with Crippen LogP contribution in [0.3, 0.4) is 0 Å². The highest BCUT2D eigenvalue weighted by atomic mass is 127. The van der Waals surface area contributed by atoms with Crippen LogP contribution >= 0.6 is 24.0 Å². The van der Waals surface area contributed by atoms with Crippen LogP contribution in [0.5, 0.6) is 0 Å². The van der Waals surface area contributed by atoms with Crippen LogP contribution in [0.4, 0.5) is 0 Å². The lowest BCUT2D eigenvalue weighted by atomic mass is 9.93. The van der Waals surface area contributed by atoms with Crippen LogP contribution in [0.1, 0.15) is 26.7 Å². The lowest BCUT2D eigenvalue weighted by Crippen LogP contribution is -2.41. The third-order valence-corrected chi connectivity index (χ3v) is 3.62. The van der Waals surface area contributed by atoms with E-state index in [0.29, 0.717) is 5.41 Å². The first-order chi connectivity index (χ1) is 9.11. The molecule has 114 valence electrons. The standard InChI is InChI=1S/C14H25N5.HI/c1-14(2)5-9-19(11-14)13(15-3)17-6-4-8-18-10-7-16-12-18;/h7,10,12H,4-6,8-9,11H2,1-3H3,(H,15,17);1H. The van der Waals surface area contributed by atoms with E-state index in [2.05, 4.69) is 38.6 Å². The summed E-state index contributed by atoms with van der Waals surface area (Å²) < 4.78 is 2.10. The minimum absolute atomic E-state index is 0. The molecule has 1 aromatic heterocycles. The normalized spacial score (nSPS) is 17.9. The maximum atomic E-state index is 4.38. The van der Waals surface area contributed by atoms with Crippen molar-refractivity contribution in [1.29, 1.82) is 0 Å². The first-order valence-electron chi connectivity index (χ1n) is 7.02. The quantitative estimate of drug-likeness (QED) is 0.371. The summed E-state index contributed by atoms with van der Waals surface area (Å²) in [5.74, 6) is 1.04. The molecule has 1 aliphatic heterocycles. The van der Waals surface area contributed by atoms with Gasteiger partial charge in [-0.05, 0) is 18.3 Å². The van der Waals surface area contributed by atoms with E-state index in [-0.39, 0.29) is 24.0 Å². The Bertz CT molecular complexity index is 413. The van der Waals surface area contributed by atoms with E-state index in [1.807, 2.05) is 25.8 Å². The molecule has 1 fully saturated rings. The molecule has 0 bridgehead atoms. The lowest BCUT2D eigenvalue weighted by molar-refractivity contribution is 0.370. The molecule has 0 spiro atoms. The summed E-state index contributed by atoms with van der Waals surface area (Å²) in [5.41, 5.74) is 0.411. The van der Waals surface area contributed by atoms with Crippen LogP contribution in [-0.4, -0.2) is 47.1 Å². The number of hydrogen-bond donors (Lipinski definition) is 1. The summed E-state index contributed by atoms with van der Waals surface area (Å²) in [4.78, 5) is 10.8. The molecule has 20 heavy (non-hydrogen) atoms. The van der Waals surface area contributed by atoms with E-state index in [1.165, 1.54) is 6.42 Å². The molecule has 0 amide bonds. The minimum Gasteiger partial charge on any atom is -0.356 e. The number of nitrogens with zero attached hydrogens (tertiary/aromatic N) is 4. The number of imidazole rings is 1. The van der Waals surface area contributed by atoms with E-state index in [9.17, 15) is 0 Å². The highest BCUT2D eigenvalue weighted by molar-refractivity contribution is 14.0. The molecule has 0 unspecified atom stereocenters. The SMILES string of the molecule is CN=C(NCCCn1ccnc1)N1CCC(C)(C)C1.I. The fourth-order valence-electron chi connectivity index (χ4n) is 2.51. The van der Waals surface area contributed by atoms with Gasteiger partial charge in [-0.15, -0.1) is 24.0 Å². The van der Waals surface area contributed by atoms with Crippen LogP contribution < -0.4 is 5.32 Å². The average molecular weight is 391 g/mol. The van der Waals surface area contributed by atoms with Gasteiger partial charge in [0.2, 0.25) is 0 Å². The van der Waals surface area contributed by atoms with Crippen LogP contribution in [-0.2, 0) is 6.54 Å². The zero-order chi connectivity index (χ0) is 13.7. The van der Waals surface area contributed by atoms with E-state index in [0.717, 1.165) is 38.6 Å². The lowest BCUT2D eigenvalue weighted by Gasteiger charge is -2.23. The number of aromatic nitrogens is 2. The van der Waals surface area contributed by atoms with Crippen molar-refractivity contribution >= 4 is 29.9 Å². The first kappa shape index (κ1) is 17.3. The number of likely N-dealkylation sites (tertiary alicyclic amines) is 1. The molecule has 0 radical (unpaired) electrons. The van der Waals surface area contributed by atoms with Gasteiger partial charge in [-0.1, -0.05) is 13.8 Å². The predicted octanol–water partition coefficient (Wildman–Crippen LogP) is 2.20. The Kier molecular flexibility index (Phi) is 6.78. The Balaban J connectivity index is 0.00000200. The average Bonchev–Trinajstić information content (AvgIpc) is 2.99. The van der Waals surface area contributed by atoms with E-state index in [4.69, 9.17) is 0 Å². The number of aryl methyl sites for hydroxylation is 1. The molecule has 1 saturated heterocycles. The number of nitrogens with one attached hydrogen (secondary N) is 1. The van der Waals surface area contributed by atoms with Crippen molar-refractivity contribution in [2.45, 2.75) is 33.2 Å². The van der Waals surface area contributed by atoms with Crippen LogP contribution in [0.2, 0.25) is 0 Å². The molecule has 2 heterocycles. The molecule has 1 N–H and O–H groups in total. The topological polar surface area (TPSA) is 45.5 Å². The number of guanidine groups is 1. The van der Waals surface area contributed by atoms with Gasteiger partial charge in [-0.3, -0.25) is 4.99 Å². The Morgan fingerprint density at radius 2 is 2.25 bits per heavy atom. The summed E-state index contributed by atoms with van der Waals surface area (Å²) in [6.45, 7) is 8.78. The van der Waals surface area contributed by atoms with Crippen molar-refractivity contribution in [3.05, 3.63) is 18.7 Å². The smallest absolute Gasteiger partial charge is 0.193 e. The fourth-order valence-corrected chi connectivity index (χ4v) is 2.51. The van der Waals surface area contributed by atoms with E-state index < -0.39 is 0 Å². The van der Waals surface area contributed by atoms with Crippen LogP contribution in [0.25, 0.3) is 0 Å². The van der Waals surface area contributed by atoms with Crippen molar-refractivity contribution in [2.24, 2.45) is 10.4 Å². The Labute approximate surface area is 138 Å². The monoisotopic (exact) mass is 391 g/mol. The first-order valence-corrected chi connectivity index (χ1v) is 7.02. The van der Waals surface area contributed by atoms with Crippen LogP contribution in [0, 0.1) is 5.41 Å². The second-order valence-electron chi connectivity index (χ2n) is 5.96. The molecule has 0 aliphatic carbocycles. The third-order valence-electron chi connectivity index (χ3n) is 3.62. The Morgan fingerprint density at radius 3 is 2.80 bits per heavy atom. The van der Waals surface area contributed by atoms with Gasteiger partial charge in [0.1, 0.15) is 0 Å². The third kappa shape index (κ3) is 4.96. The van der Waals surface area contributed by atoms with Gasteiger partial charge in [-0.25, -0.2) is 4.98 Å². The molecule has 0 atom stereocenters.